The molecule has 7 heteroatoms. The normalized spacial score (nSPS) is 12.4. The molecule has 0 atom stereocenters. The van der Waals surface area contributed by atoms with Crippen LogP contribution >= 0.6 is 0 Å². The van der Waals surface area contributed by atoms with Crippen molar-refractivity contribution >= 4 is 10.0 Å². The number of nitrogens with zero attached hydrogens (tertiary/aromatic N) is 3. The van der Waals surface area contributed by atoms with Crippen molar-refractivity contribution in [3.63, 3.8) is 0 Å². The molecule has 0 unspecified atom stereocenters. The highest BCUT2D eigenvalue weighted by molar-refractivity contribution is 7.89. The Bertz CT molecular complexity index is 556. The SMILES string of the molecule is COc1ncc(C(C)C)cc1S(=O)(=O)N(C)CN(C)C. The molecule has 6 nitrogen and oxygen atoms in total. The van der Waals surface area contributed by atoms with Crippen LogP contribution in [-0.2, 0) is 10.0 Å². The molecule has 20 heavy (non-hydrogen) atoms. The van der Waals surface area contributed by atoms with Gasteiger partial charge in [0.1, 0.15) is 4.90 Å². The van der Waals surface area contributed by atoms with Crippen LogP contribution in [0.5, 0.6) is 5.88 Å². The predicted molar refractivity (Wildman–Crippen MR) is 78.4 cm³/mol. The largest absolute Gasteiger partial charge is 0.480 e. The van der Waals surface area contributed by atoms with E-state index in [0.717, 1.165) is 5.56 Å². The van der Waals surface area contributed by atoms with Crippen LogP contribution in [0.4, 0.5) is 0 Å². The maximum Gasteiger partial charge on any atom is 0.249 e. The average molecular weight is 301 g/mol. The second kappa shape index (κ2) is 6.51. The van der Waals surface area contributed by atoms with Gasteiger partial charge in [-0.05, 0) is 31.6 Å². The molecule has 0 aliphatic rings. The molecule has 0 fully saturated rings. The van der Waals surface area contributed by atoms with E-state index >= 15 is 0 Å². The van der Waals surface area contributed by atoms with Gasteiger partial charge in [0.25, 0.3) is 0 Å². The number of ether oxygens (including phenoxy) is 1. The van der Waals surface area contributed by atoms with Crippen molar-refractivity contribution < 1.29 is 13.2 Å². The number of hydrogen-bond acceptors (Lipinski definition) is 5. The van der Waals surface area contributed by atoms with Crippen LogP contribution in [-0.4, -0.2) is 57.5 Å². The summed E-state index contributed by atoms with van der Waals surface area (Å²) in [4.78, 5) is 5.99. The highest BCUT2D eigenvalue weighted by atomic mass is 32.2. The van der Waals surface area contributed by atoms with Gasteiger partial charge in [0.15, 0.2) is 0 Å². The summed E-state index contributed by atoms with van der Waals surface area (Å²) in [6.45, 7) is 4.27. The Morgan fingerprint density at radius 2 is 1.90 bits per heavy atom. The van der Waals surface area contributed by atoms with Crippen molar-refractivity contribution in [3.8, 4) is 5.88 Å². The summed E-state index contributed by atoms with van der Waals surface area (Å²) in [5.41, 5.74) is 0.864. The van der Waals surface area contributed by atoms with Gasteiger partial charge in [-0.15, -0.1) is 0 Å². The lowest BCUT2D eigenvalue weighted by molar-refractivity contribution is 0.293. The zero-order chi connectivity index (χ0) is 15.5. The monoisotopic (exact) mass is 301 g/mol. The molecule has 0 bridgehead atoms. The Labute approximate surface area is 121 Å². The first-order valence-corrected chi connectivity index (χ1v) is 7.79. The molecule has 0 aliphatic carbocycles. The summed E-state index contributed by atoms with van der Waals surface area (Å²) in [7, 11) is 2.95. The van der Waals surface area contributed by atoms with Gasteiger partial charge in [-0.3, -0.25) is 4.90 Å². The fourth-order valence-corrected chi connectivity index (χ4v) is 3.10. The molecular weight excluding hydrogens is 278 g/mol. The maximum absolute atomic E-state index is 12.6. The fraction of sp³-hybridized carbons (Fsp3) is 0.615. The zero-order valence-corrected chi connectivity index (χ0v) is 13.7. The molecular formula is C13H23N3O3S. The molecule has 0 aromatic carbocycles. The third-order valence-corrected chi connectivity index (χ3v) is 4.65. The lowest BCUT2D eigenvalue weighted by Gasteiger charge is -2.22. The number of methoxy groups -OCH3 is 1. The smallest absolute Gasteiger partial charge is 0.249 e. The van der Waals surface area contributed by atoms with E-state index in [-0.39, 0.29) is 23.4 Å². The average Bonchev–Trinajstić information content (AvgIpc) is 2.36. The van der Waals surface area contributed by atoms with Crippen molar-refractivity contribution in [2.75, 3.05) is 34.9 Å². The lowest BCUT2D eigenvalue weighted by Crippen LogP contribution is -2.35. The Hall–Kier alpha value is -1.18. The van der Waals surface area contributed by atoms with Gasteiger partial charge in [0.05, 0.1) is 13.8 Å². The van der Waals surface area contributed by atoms with E-state index in [1.54, 1.807) is 17.2 Å². The van der Waals surface area contributed by atoms with Gasteiger partial charge < -0.3 is 4.74 Å². The van der Waals surface area contributed by atoms with Gasteiger partial charge in [0.2, 0.25) is 15.9 Å². The van der Waals surface area contributed by atoms with E-state index in [4.69, 9.17) is 4.74 Å². The molecule has 1 aromatic heterocycles. The molecule has 1 heterocycles. The van der Waals surface area contributed by atoms with Crippen LogP contribution in [0.1, 0.15) is 25.3 Å². The molecule has 1 aromatic rings. The van der Waals surface area contributed by atoms with E-state index in [2.05, 4.69) is 4.98 Å². The minimum Gasteiger partial charge on any atom is -0.480 e. The standard InChI is InChI=1S/C13H23N3O3S/c1-10(2)11-7-12(13(19-6)14-8-11)20(17,18)16(5)9-15(3)4/h7-8,10H,9H2,1-6H3. The van der Waals surface area contributed by atoms with Crippen LogP contribution in [0, 0.1) is 0 Å². The number of pyridine rings is 1. The highest BCUT2D eigenvalue weighted by Crippen LogP contribution is 2.27. The van der Waals surface area contributed by atoms with E-state index in [1.165, 1.54) is 18.5 Å². The van der Waals surface area contributed by atoms with Crippen LogP contribution in [0.3, 0.4) is 0 Å². The molecule has 0 aliphatic heterocycles. The first kappa shape index (κ1) is 16.9. The van der Waals surface area contributed by atoms with Crippen molar-refractivity contribution in [2.24, 2.45) is 0 Å². The topological polar surface area (TPSA) is 62.7 Å². The molecule has 0 saturated carbocycles. The van der Waals surface area contributed by atoms with Crippen LogP contribution < -0.4 is 4.74 Å². The number of aromatic nitrogens is 1. The molecule has 0 spiro atoms. The minimum absolute atomic E-state index is 0.107. The second-order valence-corrected chi connectivity index (χ2v) is 7.27. The van der Waals surface area contributed by atoms with Crippen LogP contribution in [0.15, 0.2) is 17.2 Å². The maximum atomic E-state index is 12.6. The third kappa shape index (κ3) is 3.68. The Kier molecular flexibility index (Phi) is 5.50. The van der Waals surface area contributed by atoms with Gasteiger partial charge in [-0.1, -0.05) is 13.8 Å². The summed E-state index contributed by atoms with van der Waals surface area (Å²) in [5.74, 6) is 0.321. The molecule has 0 saturated heterocycles. The molecule has 1 rings (SSSR count). The molecule has 114 valence electrons. The third-order valence-electron chi connectivity index (χ3n) is 2.87. The first-order valence-electron chi connectivity index (χ1n) is 6.35. The van der Waals surface area contributed by atoms with Crippen LogP contribution in [0.2, 0.25) is 0 Å². The predicted octanol–water partition coefficient (Wildman–Crippen LogP) is 1.35. The Morgan fingerprint density at radius 3 is 2.35 bits per heavy atom. The van der Waals surface area contributed by atoms with Crippen molar-refractivity contribution in [1.82, 2.24) is 14.2 Å². The summed E-state index contributed by atoms with van der Waals surface area (Å²) in [5, 5.41) is 0. The number of hydrogen-bond donors (Lipinski definition) is 0. The summed E-state index contributed by atoms with van der Waals surface area (Å²) in [6, 6.07) is 1.64. The Balaban J connectivity index is 3.31. The molecule has 0 amide bonds. The fourth-order valence-electron chi connectivity index (χ4n) is 1.74. The lowest BCUT2D eigenvalue weighted by atomic mass is 10.1. The van der Waals surface area contributed by atoms with Crippen LogP contribution in [0.25, 0.3) is 0 Å². The van der Waals surface area contributed by atoms with E-state index in [9.17, 15) is 8.42 Å². The van der Waals surface area contributed by atoms with Crippen molar-refractivity contribution in [1.29, 1.82) is 0 Å². The molecule has 0 radical (unpaired) electrons. The zero-order valence-electron chi connectivity index (χ0n) is 12.9. The van der Waals surface area contributed by atoms with E-state index in [1.807, 2.05) is 27.9 Å². The minimum atomic E-state index is -3.63. The summed E-state index contributed by atoms with van der Waals surface area (Å²) >= 11 is 0. The molecule has 0 N–H and O–H groups in total. The second-order valence-electron chi connectivity index (χ2n) is 5.25. The summed E-state index contributed by atoms with van der Waals surface area (Å²) in [6.07, 6.45) is 1.65. The quantitative estimate of drug-likeness (QED) is 0.742. The highest BCUT2D eigenvalue weighted by Gasteiger charge is 2.26. The number of sulfonamides is 1. The van der Waals surface area contributed by atoms with Gasteiger partial charge >= 0.3 is 0 Å². The number of rotatable bonds is 6. The van der Waals surface area contributed by atoms with Gasteiger partial charge in [-0.25, -0.2) is 13.4 Å². The van der Waals surface area contributed by atoms with Gasteiger partial charge in [-0.2, -0.15) is 4.31 Å². The van der Waals surface area contributed by atoms with E-state index in [0.29, 0.717) is 0 Å². The Morgan fingerprint density at radius 1 is 1.30 bits per heavy atom. The van der Waals surface area contributed by atoms with Crippen molar-refractivity contribution in [3.05, 3.63) is 17.8 Å². The van der Waals surface area contributed by atoms with Crippen molar-refractivity contribution in [2.45, 2.75) is 24.7 Å². The first-order chi connectivity index (χ1) is 9.20. The van der Waals surface area contributed by atoms with E-state index < -0.39 is 10.0 Å². The summed E-state index contributed by atoms with van der Waals surface area (Å²) < 4.78 is 31.6. The van der Waals surface area contributed by atoms with Gasteiger partial charge in [0, 0.05) is 13.2 Å².